The van der Waals surface area contributed by atoms with E-state index >= 15 is 0 Å². The van der Waals surface area contributed by atoms with Gasteiger partial charge in [-0.2, -0.15) is 4.31 Å². The van der Waals surface area contributed by atoms with E-state index in [0.717, 1.165) is 6.07 Å². The Morgan fingerprint density at radius 3 is 2.58 bits per heavy atom. The van der Waals surface area contributed by atoms with Crippen LogP contribution < -0.4 is 5.32 Å². The summed E-state index contributed by atoms with van der Waals surface area (Å²) in [4.78, 5) is 24.4. The zero-order valence-electron chi connectivity index (χ0n) is 16.6. The summed E-state index contributed by atoms with van der Waals surface area (Å²) < 4.78 is 50.8. The number of anilines is 1. The summed E-state index contributed by atoms with van der Waals surface area (Å²) in [6.07, 6.45) is 0. The number of aryl methyl sites for hydroxylation is 1. The van der Waals surface area contributed by atoms with Gasteiger partial charge in [-0.1, -0.05) is 17.7 Å². The molecule has 0 aromatic heterocycles. The van der Waals surface area contributed by atoms with Crippen LogP contribution in [0.4, 0.5) is 10.1 Å². The van der Waals surface area contributed by atoms with Gasteiger partial charge in [0.1, 0.15) is 5.82 Å². The summed E-state index contributed by atoms with van der Waals surface area (Å²) >= 11 is 5.66. The van der Waals surface area contributed by atoms with Gasteiger partial charge in [-0.15, -0.1) is 0 Å². The van der Waals surface area contributed by atoms with Gasteiger partial charge in [-0.25, -0.2) is 17.6 Å². The molecule has 1 fully saturated rings. The Bertz CT molecular complexity index is 1100. The lowest BCUT2D eigenvalue weighted by Crippen LogP contribution is -2.40. The van der Waals surface area contributed by atoms with E-state index in [-0.39, 0.29) is 34.3 Å². The number of morpholine rings is 1. The Morgan fingerprint density at radius 1 is 1.19 bits per heavy atom. The second-order valence-electron chi connectivity index (χ2n) is 6.74. The highest BCUT2D eigenvalue weighted by atomic mass is 35.5. The Hall–Kier alpha value is -2.53. The van der Waals surface area contributed by atoms with Crippen LogP contribution in [0.3, 0.4) is 0 Å². The van der Waals surface area contributed by atoms with E-state index in [1.807, 2.05) is 0 Å². The minimum absolute atomic E-state index is 0.0137. The molecule has 0 atom stereocenters. The lowest BCUT2D eigenvalue weighted by molar-refractivity contribution is -0.119. The molecule has 11 heteroatoms. The quantitative estimate of drug-likeness (QED) is 0.651. The number of halogens is 2. The number of rotatable bonds is 6. The SMILES string of the molecule is Cc1ccc(S(=O)(=O)N2CCOCC2)cc1C(=O)OCC(=O)Nc1ccc(Cl)cc1F. The third-order valence-electron chi connectivity index (χ3n) is 4.58. The van der Waals surface area contributed by atoms with Crippen molar-refractivity contribution < 1.29 is 31.9 Å². The van der Waals surface area contributed by atoms with Crippen molar-refractivity contribution in [3.05, 3.63) is 58.4 Å². The molecule has 1 N–H and O–H groups in total. The Kier molecular flexibility index (Phi) is 7.26. The highest BCUT2D eigenvalue weighted by Crippen LogP contribution is 2.22. The summed E-state index contributed by atoms with van der Waals surface area (Å²) in [5.74, 6) is -2.36. The third kappa shape index (κ3) is 5.59. The second kappa shape index (κ2) is 9.73. The number of nitrogens with one attached hydrogen (secondary N) is 1. The van der Waals surface area contributed by atoms with Crippen molar-refractivity contribution in [1.29, 1.82) is 0 Å². The van der Waals surface area contributed by atoms with Crippen molar-refractivity contribution in [1.82, 2.24) is 4.31 Å². The second-order valence-corrected chi connectivity index (χ2v) is 9.12. The number of carbonyl (C=O) groups is 2. The molecule has 1 heterocycles. The van der Waals surface area contributed by atoms with Crippen LogP contribution in [0.5, 0.6) is 0 Å². The summed E-state index contributed by atoms with van der Waals surface area (Å²) in [7, 11) is -3.80. The molecule has 2 aromatic rings. The van der Waals surface area contributed by atoms with E-state index in [1.54, 1.807) is 6.92 Å². The van der Waals surface area contributed by atoms with E-state index in [0.29, 0.717) is 18.8 Å². The average molecular weight is 471 g/mol. The highest BCUT2D eigenvalue weighted by molar-refractivity contribution is 7.89. The molecule has 0 bridgehead atoms. The van der Waals surface area contributed by atoms with Gasteiger partial charge in [0.25, 0.3) is 5.91 Å². The van der Waals surface area contributed by atoms with Gasteiger partial charge in [-0.3, -0.25) is 4.79 Å². The zero-order valence-corrected chi connectivity index (χ0v) is 18.1. The van der Waals surface area contributed by atoms with Crippen LogP contribution in [0, 0.1) is 12.7 Å². The first-order chi connectivity index (χ1) is 14.7. The summed E-state index contributed by atoms with van der Waals surface area (Å²) in [6.45, 7) is 1.97. The van der Waals surface area contributed by atoms with Gasteiger partial charge >= 0.3 is 5.97 Å². The fourth-order valence-electron chi connectivity index (χ4n) is 2.90. The molecule has 1 amide bonds. The first kappa shape index (κ1) is 23.1. The van der Waals surface area contributed by atoms with Crippen LogP contribution in [0.2, 0.25) is 5.02 Å². The predicted molar refractivity (Wildman–Crippen MR) is 111 cm³/mol. The fraction of sp³-hybridized carbons (Fsp3) is 0.300. The van der Waals surface area contributed by atoms with Crippen LogP contribution >= 0.6 is 11.6 Å². The van der Waals surface area contributed by atoms with E-state index in [2.05, 4.69) is 5.32 Å². The van der Waals surface area contributed by atoms with Gasteiger partial charge in [0, 0.05) is 18.1 Å². The molecule has 0 saturated carbocycles. The molecular weight excluding hydrogens is 451 g/mol. The minimum Gasteiger partial charge on any atom is -0.452 e. The van der Waals surface area contributed by atoms with Crippen molar-refractivity contribution in [3.63, 3.8) is 0 Å². The number of hydrogen-bond donors (Lipinski definition) is 1. The first-order valence-corrected chi connectivity index (χ1v) is 11.1. The molecule has 1 saturated heterocycles. The molecule has 3 rings (SSSR count). The van der Waals surface area contributed by atoms with E-state index in [4.69, 9.17) is 21.1 Å². The van der Waals surface area contributed by atoms with Gasteiger partial charge < -0.3 is 14.8 Å². The van der Waals surface area contributed by atoms with Crippen molar-refractivity contribution in [2.75, 3.05) is 38.2 Å². The summed E-state index contributed by atoms with van der Waals surface area (Å²) in [5.41, 5.74) is 0.384. The predicted octanol–water partition coefficient (Wildman–Crippen LogP) is 2.60. The highest BCUT2D eigenvalue weighted by Gasteiger charge is 2.27. The van der Waals surface area contributed by atoms with Gasteiger partial charge in [-0.05, 0) is 42.8 Å². The van der Waals surface area contributed by atoms with Crippen LogP contribution in [-0.2, 0) is 24.3 Å². The van der Waals surface area contributed by atoms with E-state index < -0.39 is 34.3 Å². The Morgan fingerprint density at radius 2 is 1.90 bits per heavy atom. The maximum absolute atomic E-state index is 13.8. The molecule has 2 aromatic carbocycles. The number of benzene rings is 2. The number of hydrogen-bond acceptors (Lipinski definition) is 6. The summed E-state index contributed by atoms with van der Waals surface area (Å²) in [5, 5.41) is 2.44. The van der Waals surface area contributed by atoms with Crippen molar-refractivity contribution in [2.24, 2.45) is 0 Å². The molecule has 1 aliphatic rings. The Labute approximate surface area is 183 Å². The van der Waals surface area contributed by atoms with Crippen LogP contribution in [0.15, 0.2) is 41.3 Å². The number of sulfonamides is 1. The molecule has 8 nitrogen and oxygen atoms in total. The maximum atomic E-state index is 13.8. The smallest absolute Gasteiger partial charge is 0.338 e. The number of carbonyl (C=O) groups excluding carboxylic acids is 2. The monoisotopic (exact) mass is 470 g/mol. The number of esters is 1. The lowest BCUT2D eigenvalue weighted by atomic mass is 10.1. The minimum atomic E-state index is -3.80. The molecule has 31 heavy (non-hydrogen) atoms. The Balaban J connectivity index is 1.68. The molecule has 1 aliphatic heterocycles. The lowest BCUT2D eigenvalue weighted by Gasteiger charge is -2.26. The molecule has 0 unspecified atom stereocenters. The normalized spacial score (nSPS) is 14.8. The van der Waals surface area contributed by atoms with E-state index in [1.165, 1.54) is 34.6 Å². The third-order valence-corrected chi connectivity index (χ3v) is 6.71. The molecule has 0 spiro atoms. The van der Waals surface area contributed by atoms with Crippen LogP contribution in [-0.4, -0.2) is 57.5 Å². The van der Waals surface area contributed by atoms with Crippen molar-refractivity contribution >= 4 is 39.2 Å². The standard InChI is InChI=1S/C20H20ClFN2O6S/c1-13-2-4-15(31(27,28)24-6-8-29-9-7-24)11-16(13)20(26)30-12-19(25)23-18-5-3-14(21)10-17(18)22/h2-5,10-11H,6-9,12H2,1H3,(H,23,25). The van der Waals surface area contributed by atoms with Crippen LogP contribution in [0.1, 0.15) is 15.9 Å². The molecular formula is C20H20ClFN2O6S. The molecule has 0 radical (unpaired) electrons. The largest absolute Gasteiger partial charge is 0.452 e. The van der Waals surface area contributed by atoms with Crippen molar-refractivity contribution in [2.45, 2.75) is 11.8 Å². The van der Waals surface area contributed by atoms with Crippen molar-refractivity contribution in [3.8, 4) is 0 Å². The first-order valence-electron chi connectivity index (χ1n) is 9.29. The maximum Gasteiger partial charge on any atom is 0.338 e. The number of amides is 1. The van der Waals surface area contributed by atoms with Gasteiger partial charge in [0.05, 0.1) is 29.4 Å². The van der Waals surface area contributed by atoms with Gasteiger partial charge in [0.15, 0.2) is 6.61 Å². The van der Waals surface area contributed by atoms with Gasteiger partial charge in [0.2, 0.25) is 10.0 Å². The zero-order chi connectivity index (χ0) is 22.6. The number of nitrogens with zero attached hydrogens (tertiary/aromatic N) is 1. The fourth-order valence-corrected chi connectivity index (χ4v) is 4.50. The summed E-state index contributed by atoms with van der Waals surface area (Å²) in [6, 6.07) is 7.84. The topological polar surface area (TPSA) is 102 Å². The van der Waals surface area contributed by atoms with Crippen LogP contribution in [0.25, 0.3) is 0 Å². The van der Waals surface area contributed by atoms with E-state index in [9.17, 15) is 22.4 Å². The number of ether oxygens (including phenoxy) is 2. The molecule has 166 valence electrons. The average Bonchev–Trinajstić information content (AvgIpc) is 2.75. The molecule has 0 aliphatic carbocycles.